The summed E-state index contributed by atoms with van der Waals surface area (Å²) in [6.07, 6.45) is 1.49. The normalized spacial score (nSPS) is 14.9. The Morgan fingerprint density at radius 2 is 1.73 bits per heavy atom. The molecule has 3 aromatic carbocycles. The molecule has 6 nitrogen and oxygen atoms in total. The van der Waals surface area contributed by atoms with Crippen molar-refractivity contribution in [3.05, 3.63) is 94.5 Å². The number of benzene rings is 3. The standard InChI is InChI=1S/C25H19ClN2O4S/c1-31-22-14-17(7-12-21(22)32-15-16-5-3-2-4-6-16)13-20-23(29)27-25(33)28(24(20)30)19-10-8-18(26)9-11-19/h2-14H,15H2,1H3,(H,27,29,33). The van der Waals surface area contributed by atoms with Crippen LogP contribution in [-0.2, 0) is 16.2 Å². The molecule has 0 aromatic heterocycles. The zero-order valence-corrected chi connectivity index (χ0v) is 19.2. The van der Waals surface area contributed by atoms with Crippen molar-refractivity contribution in [2.24, 2.45) is 0 Å². The first kappa shape index (κ1) is 22.5. The summed E-state index contributed by atoms with van der Waals surface area (Å²) in [6, 6.07) is 21.5. The number of hydrogen-bond acceptors (Lipinski definition) is 5. The highest BCUT2D eigenvalue weighted by atomic mass is 35.5. The first-order valence-electron chi connectivity index (χ1n) is 9.98. The first-order chi connectivity index (χ1) is 16.0. The van der Waals surface area contributed by atoms with Gasteiger partial charge >= 0.3 is 0 Å². The van der Waals surface area contributed by atoms with Gasteiger partial charge in [-0.3, -0.25) is 19.8 Å². The van der Waals surface area contributed by atoms with Crippen LogP contribution in [0.15, 0.2) is 78.4 Å². The predicted molar refractivity (Wildman–Crippen MR) is 131 cm³/mol. The molecule has 1 fully saturated rings. The van der Waals surface area contributed by atoms with Crippen LogP contribution in [0.25, 0.3) is 6.08 Å². The SMILES string of the molecule is COc1cc(C=C2C(=O)NC(=S)N(c3ccc(Cl)cc3)C2=O)ccc1OCc1ccccc1. The van der Waals surface area contributed by atoms with E-state index in [0.717, 1.165) is 5.56 Å². The van der Waals surface area contributed by atoms with Crippen molar-refractivity contribution in [3.8, 4) is 11.5 Å². The van der Waals surface area contributed by atoms with E-state index >= 15 is 0 Å². The molecule has 0 unspecified atom stereocenters. The van der Waals surface area contributed by atoms with E-state index in [2.05, 4.69) is 5.32 Å². The summed E-state index contributed by atoms with van der Waals surface area (Å²) in [5.41, 5.74) is 2.07. The highest BCUT2D eigenvalue weighted by Gasteiger charge is 2.34. The Bertz CT molecular complexity index is 1240. The molecule has 4 rings (SSSR count). The van der Waals surface area contributed by atoms with Crippen molar-refractivity contribution in [1.29, 1.82) is 0 Å². The van der Waals surface area contributed by atoms with Gasteiger partial charge in [-0.05, 0) is 65.8 Å². The largest absolute Gasteiger partial charge is 0.493 e. The molecule has 1 heterocycles. The Balaban J connectivity index is 1.60. The zero-order valence-electron chi connectivity index (χ0n) is 17.6. The third-order valence-electron chi connectivity index (χ3n) is 4.92. The number of carbonyl (C=O) groups is 2. The van der Waals surface area contributed by atoms with Gasteiger partial charge in [0.25, 0.3) is 11.8 Å². The fourth-order valence-electron chi connectivity index (χ4n) is 3.28. The van der Waals surface area contributed by atoms with Crippen molar-refractivity contribution in [3.63, 3.8) is 0 Å². The lowest BCUT2D eigenvalue weighted by Gasteiger charge is -2.29. The van der Waals surface area contributed by atoms with Crippen molar-refractivity contribution in [1.82, 2.24) is 5.32 Å². The number of thiocarbonyl (C=S) groups is 1. The molecular weight excluding hydrogens is 460 g/mol. The lowest BCUT2D eigenvalue weighted by molar-refractivity contribution is -0.122. The third kappa shape index (κ3) is 5.05. The number of nitrogens with zero attached hydrogens (tertiary/aromatic N) is 1. The topological polar surface area (TPSA) is 67.9 Å². The van der Waals surface area contributed by atoms with Gasteiger partial charge in [-0.1, -0.05) is 48.0 Å². The highest BCUT2D eigenvalue weighted by Crippen LogP contribution is 2.30. The third-order valence-corrected chi connectivity index (χ3v) is 5.46. The molecular formula is C25H19ClN2O4S. The predicted octanol–water partition coefficient (Wildman–Crippen LogP) is 4.76. The second-order valence-corrected chi connectivity index (χ2v) is 7.94. The molecule has 0 saturated carbocycles. The molecule has 3 aromatic rings. The van der Waals surface area contributed by atoms with Gasteiger partial charge in [0.2, 0.25) is 0 Å². The van der Waals surface area contributed by atoms with Gasteiger partial charge in [0.15, 0.2) is 16.6 Å². The quantitative estimate of drug-likeness (QED) is 0.314. The fourth-order valence-corrected chi connectivity index (χ4v) is 3.68. The lowest BCUT2D eigenvalue weighted by Crippen LogP contribution is -2.54. The molecule has 0 aliphatic carbocycles. The van der Waals surface area contributed by atoms with Crippen LogP contribution in [0, 0.1) is 0 Å². The van der Waals surface area contributed by atoms with Crippen LogP contribution in [0.3, 0.4) is 0 Å². The van der Waals surface area contributed by atoms with Crippen LogP contribution in [0.2, 0.25) is 5.02 Å². The Hall–Kier alpha value is -3.68. The number of hydrogen-bond donors (Lipinski definition) is 1. The summed E-state index contributed by atoms with van der Waals surface area (Å²) < 4.78 is 11.3. The Morgan fingerprint density at radius 1 is 1.00 bits per heavy atom. The summed E-state index contributed by atoms with van der Waals surface area (Å²) >= 11 is 11.2. The Labute approximate surface area is 201 Å². The van der Waals surface area contributed by atoms with E-state index in [1.807, 2.05) is 30.3 Å². The maximum Gasteiger partial charge on any atom is 0.270 e. The van der Waals surface area contributed by atoms with Crippen LogP contribution < -0.4 is 19.7 Å². The summed E-state index contributed by atoms with van der Waals surface area (Å²) in [5, 5.41) is 3.09. The van der Waals surface area contributed by atoms with Crippen LogP contribution in [0.5, 0.6) is 11.5 Å². The molecule has 2 amide bonds. The van der Waals surface area contributed by atoms with E-state index in [0.29, 0.717) is 34.4 Å². The Morgan fingerprint density at radius 3 is 2.42 bits per heavy atom. The number of halogens is 1. The number of anilines is 1. The van der Waals surface area contributed by atoms with Crippen LogP contribution in [0.1, 0.15) is 11.1 Å². The summed E-state index contributed by atoms with van der Waals surface area (Å²) in [7, 11) is 1.53. The van der Waals surface area contributed by atoms with Gasteiger partial charge < -0.3 is 9.47 Å². The smallest absolute Gasteiger partial charge is 0.270 e. The van der Waals surface area contributed by atoms with Crippen molar-refractivity contribution < 1.29 is 19.1 Å². The number of carbonyl (C=O) groups excluding carboxylic acids is 2. The van der Waals surface area contributed by atoms with Crippen LogP contribution >= 0.6 is 23.8 Å². The molecule has 166 valence electrons. The fraction of sp³-hybridized carbons (Fsp3) is 0.0800. The van der Waals surface area contributed by atoms with Gasteiger partial charge in [0, 0.05) is 5.02 Å². The minimum atomic E-state index is -0.571. The number of methoxy groups -OCH3 is 1. The molecule has 1 saturated heterocycles. The number of rotatable bonds is 6. The molecule has 1 aliphatic rings. The maximum atomic E-state index is 13.1. The van der Waals surface area contributed by atoms with E-state index in [-0.39, 0.29) is 10.7 Å². The molecule has 1 N–H and O–H groups in total. The molecule has 8 heteroatoms. The Kier molecular flexibility index (Phi) is 6.72. The number of nitrogens with one attached hydrogen (secondary N) is 1. The summed E-state index contributed by atoms with van der Waals surface area (Å²) in [6.45, 7) is 0.381. The van der Waals surface area contributed by atoms with Gasteiger partial charge in [0.05, 0.1) is 12.8 Å². The maximum absolute atomic E-state index is 13.1. The van der Waals surface area contributed by atoms with Crippen LogP contribution in [-0.4, -0.2) is 24.0 Å². The molecule has 33 heavy (non-hydrogen) atoms. The zero-order chi connectivity index (χ0) is 23.4. The average molecular weight is 479 g/mol. The second kappa shape index (κ2) is 9.85. The van der Waals surface area contributed by atoms with E-state index in [9.17, 15) is 9.59 Å². The van der Waals surface area contributed by atoms with Crippen molar-refractivity contribution >= 4 is 52.5 Å². The lowest BCUT2D eigenvalue weighted by atomic mass is 10.1. The van der Waals surface area contributed by atoms with E-state index in [1.54, 1.807) is 42.5 Å². The second-order valence-electron chi connectivity index (χ2n) is 7.12. The average Bonchev–Trinajstić information content (AvgIpc) is 2.82. The van der Waals surface area contributed by atoms with Gasteiger partial charge in [-0.15, -0.1) is 0 Å². The molecule has 0 bridgehead atoms. The molecule has 1 aliphatic heterocycles. The molecule has 0 atom stereocenters. The molecule has 0 radical (unpaired) electrons. The van der Waals surface area contributed by atoms with Gasteiger partial charge in [-0.2, -0.15) is 0 Å². The van der Waals surface area contributed by atoms with E-state index in [4.69, 9.17) is 33.3 Å². The minimum Gasteiger partial charge on any atom is -0.493 e. The molecule has 0 spiro atoms. The van der Waals surface area contributed by atoms with Gasteiger partial charge in [0.1, 0.15) is 12.2 Å². The van der Waals surface area contributed by atoms with Gasteiger partial charge in [-0.25, -0.2) is 0 Å². The summed E-state index contributed by atoms with van der Waals surface area (Å²) in [5.74, 6) is -0.0750. The van der Waals surface area contributed by atoms with Crippen molar-refractivity contribution in [2.75, 3.05) is 12.0 Å². The van der Waals surface area contributed by atoms with Crippen molar-refractivity contribution in [2.45, 2.75) is 6.61 Å². The summed E-state index contributed by atoms with van der Waals surface area (Å²) in [4.78, 5) is 26.9. The van der Waals surface area contributed by atoms with Crippen LogP contribution in [0.4, 0.5) is 5.69 Å². The monoisotopic (exact) mass is 478 g/mol. The first-order valence-corrected chi connectivity index (χ1v) is 10.8. The van der Waals surface area contributed by atoms with E-state index < -0.39 is 11.8 Å². The minimum absolute atomic E-state index is 0.00622. The number of amides is 2. The highest BCUT2D eigenvalue weighted by molar-refractivity contribution is 7.80. The number of ether oxygens (including phenoxy) is 2. The van der Waals surface area contributed by atoms with E-state index in [1.165, 1.54) is 18.1 Å².